The van der Waals surface area contributed by atoms with Crippen molar-refractivity contribution in [2.24, 2.45) is 0 Å². The SMILES string of the molecule is C[SiH](C)C(=Cc1ccccc1)C(F)(F)C(F)(F)C(F)(F)C(F)CCCC(F)(F)F. The predicted molar refractivity (Wildman–Crippen MR) is 92.9 cm³/mol. The van der Waals surface area contributed by atoms with E-state index in [-0.39, 0.29) is 5.56 Å². The van der Waals surface area contributed by atoms with Crippen LogP contribution in [0.25, 0.3) is 6.08 Å². The van der Waals surface area contributed by atoms with Gasteiger partial charge in [-0.2, -0.15) is 39.5 Å². The Bertz CT molecular complexity index is 680. The molecule has 0 aliphatic heterocycles. The van der Waals surface area contributed by atoms with Crippen LogP contribution in [0.15, 0.2) is 35.5 Å². The summed E-state index contributed by atoms with van der Waals surface area (Å²) in [5.41, 5.74) is 0.0736. The quantitative estimate of drug-likeness (QED) is 0.277. The standard InChI is InChI=1S/C18H20F10Si/c1-29(2)14(11-12-7-4-3-5-8-12)17(25,26)18(27,28)16(23,24)13(19)9-6-10-15(20,21)22/h3-5,7-8,11,13,29H,6,9-10H2,1-2H3. The van der Waals surface area contributed by atoms with Crippen molar-refractivity contribution in [2.45, 2.75) is 62.5 Å². The monoisotopic (exact) mass is 454 g/mol. The summed E-state index contributed by atoms with van der Waals surface area (Å²) in [6.45, 7) is 2.43. The van der Waals surface area contributed by atoms with Crippen molar-refractivity contribution >= 4 is 14.9 Å². The Balaban J connectivity index is 3.21. The fourth-order valence-electron chi connectivity index (χ4n) is 2.60. The van der Waals surface area contributed by atoms with Crippen molar-refractivity contribution < 1.29 is 43.9 Å². The highest BCUT2D eigenvalue weighted by Gasteiger charge is 2.75. The molecule has 0 saturated carbocycles. The summed E-state index contributed by atoms with van der Waals surface area (Å²) in [5.74, 6) is -17.4. The zero-order valence-electron chi connectivity index (χ0n) is 15.5. The Morgan fingerprint density at radius 3 is 1.90 bits per heavy atom. The highest BCUT2D eigenvalue weighted by atomic mass is 28.3. The molecule has 0 aliphatic carbocycles. The van der Waals surface area contributed by atoms with Crippen molar-refractivity contribution in [3.63, 3.8) is 0 Å². The summed E-state index contributed by atoms with van der Waals surface area (Å²) < 4.78 is 135. The van der Waals surface area contributed by atoms with Gasteiger partial charge in [-0.15, -0.1) is 0 Å². The number of benzene rings is 1. The van der Waals surface area contributed by atoms with Gasteiger partial charge < -0.3 is 0 Å². The van der Waals surface area contributed by atoms with Gasteiger partial charge in [-0.1, -0.05) is 49.5 Å². The summed E-state index contributed by atoms with van der Waals surface area (Å²) in [7, 11) is -2.80. The van der Waals surface area contributed by atoms with E-state index in [1.165, 1.54) is 43.4 Å². The van der Waals surface area contributed by atoms with Crippen LogP contribution in [0.4, 0.5) is 43.9 Å². The van der Waals surface area contributed by atoms with E-state index in [1.54, 1.807) is 0 Å². The molecular formula is C18H20F10Si. The predicted octanol–water partition coefficient (Wildman–Crippen LogP) is 7.07. The van der Waals surface area contributed by atoms with Crippen LogP contribution in [0.2, 0.25) is 13.1 Å². The first-order valence-electron chi connectivity index (χ1n) is 8.65. The Hall–Kier alpha value is -1.52. The molecule has 1 atom stereocenters. The Labute approximate surface area is 163 Å². The second-order valence-corrected chi connectivity index (χ2v) is 9.84. The molecule has 0 amide bonds. The van der Waals surface area contributed by atoms with E-state index in [4.69, 9.17) is 0 Å². The maximum atomic E-state index is 14.6. The largest absolute Gasteiger partial charge is 0.389 e. The summed E-state index contributed by atoms with van der Waals surface area (Å²) in [4.78, 5) is 0. The molecule has 0 radical (unpaired) electrons. The molecule has 0 spiro atoms. The fraction of sp³-hybridized carbons (Fsp3) is 0.556. The van der Waals surface area contributed by atoms with Gasteiger partial charge in [0.05, 0.1) is 8.80 Å². The number of halogens is 10. The highest BCUT2D eigenvalue weighted by molar-refractivity contribution is 6.65. The molecule has 1 aromatic carbocycles. The van der Waals surface area contributed by atoms with Gasteiger partial charge >= 0.3 is 23.9 Å². The number of hydrogen-bond donors (Lipinski definition) is 0. The van der Waals surface area contributed by atoms with Crippen LogP contribution in [0.1, 0.15) is 24.8 Å². The molecule has 166 valence electrons. The fourth-order valence-corrected chi connectivity index (χ4v) is 4.03. The van der Waals surface area contributed by atoms with Crippen LogP contribution in [-0.2, 0) is 0 Å². The van der Waals surface area contributed by atoms with E-state index >= 15 is 0 Å². The molecule has 0 N–H and O–H groups in total. The molecule has 1 unspecified atom stereocenters. The maximum absolute atomic E-state index is 14.6. The molecular weight excluding hydrogens is 434 g/mol. The third-order valence-electron chi connectivity index (χ3n) is 4.23. The lowest BCUT2D eigenvalue weighted by Gasteiger charge is -2.36. The van der Waals surface area contributed by atoms with Gasteiger partial charge in [0.1, 0.15) is 0 Å². The minimum atomic E-state index is -6.13. The van der Waals surface area contributed by atoms with Crippen molar-refractivity contribution in [1.82, 2.24) is 0 Å². The van der Waals surface area contributed by atoms with Gasteiger partial charge in [-0.25, -0.2) is 4.39 Å². The van der Waals surface area contributed by atoms with Crippen LogP contribution >= 0.6 is 0 Å². The molecule has 1 rings (SSSR count). The summed E-state index contributed by atoms with van der Waals surface area (Å²) >= 11 is 0. The third kappa shape index (κ3) is 5.99. The topological polar surface area (TPSA) is 0 Å². The Morgan fingerprint density at radius 1 is 0.931 bits per heavy atom. The van der Waals surface area contributed by atoms with Crippen molar-refractivity contribution in [3.05, 3.63) is 41.1 Å². The van der Waals surface area contributed by atoms with E-state index in [1.807, 2.05) is 0 Å². The lowest BCUT2D eigenvalue weighted by Crippen LogP contribution is -2.60. The van der Waals surface area contributed by atoms with E-state index in [0.717, 1.165) is 0 Å². The molecule has 0 heterocycles. The van der Waals surface area contributed by atoms with E-state index < -0.39 is 63.4 Å². The average Bonchev–Trinajstić information content (AvgIpc) is 2.58. The van der Waals surface area contributed by atoms with Gasteiger partial charge in [0.2, 0.25) is 0 Å². The maximum Gasteiger partial charge on any atom is 0.389 e. The Kier molecular flexibility index (Phi) is 8.00. The number of allylic oxidation sites excluding steroid dienone is 1. The number of rotatable bonds is 9. The normalized spacial score (nSPS) is 15.7. The van der Waals surface area contributed by atoms with E-state index in [0.29, 0.717) is 6.08 Å². The van der Waals surface area contributed by atoms with Crippen molar-refractivity contribution in [2.75, 3.05) is 0 Å². The van der Waals surface area contributed by atoms with Gasteiger partial charge in [-0.3, -0.25) is 0 Å². The molecule has 11 heteroatoms. The van der Waals surface area contributed by atoms with E-state index in [9.17, 15) is 43.9 Å². The van der Waals surface area contributed by atoms with Crippen LogP contribution in [0, 0.1) is 0 Å². The van der Waals surface area contributed by atoms with Gasteiger partial charge in [0, 0.05) is 6.42 Å². The highest BCUT2D eigenvalue weighted by Crippen LogP contribution is 2.52. The zero-order valence-corrected chi connectivity index (χ0v) is 16.7. The average molecular weight is 454 g/mol. The molecule has 0 saturated heterocycles. The Morgan fingerprint density at radius 2 is 1.45 bits per heavy atom. The molecule has 29 heavy (non-hydrogen) atoms. The van der Waals surface area contributed by atoms with Crippen LogP contribution in [0.5, 0.6) is 0 Å². The van der Waals surface area contributed by atoms with Gasteiger partial charge in [-0.05, 0) is 23.6 Å². The first-order valence-corrected chi connectivity index (χ1v) is 11.5. The first kappa shape index (κ1) is 25.5. The lowest BCUT2D eigenvalue weighted by molar-refractivity contribution is -0.312. The minimum Gasteiger partial charge on any atom is -0.241 e. The number of hydrogen-bond acceptors (Lipinski definition) is 0. The molecule has 0 nitrogen and oxygen atoms in total. The van der Waals surface area contributed by atoms with Crippen LogP contribution in [0.3, 0.4) is 0 Å². The number of alkyl halides is 10. The van der Waals surface area contributed by atoms with Gasteiger partial charge in [0.25, 0.3) is 0 Å². The molecule has 1 aromatic rings. The van der Waals surface area contributed by atoms with Crippen LogP contribution in [-0.4, -0.2) is 38.9 Å². The summed E-state index contributed by atoms with van der Waals surface area (Å²) in [6, 6.07) is 6.98. The third-order valence-corrected chi connectivity index (χ3v) is 6.00. The molecule has 0 fully saturated rings. The van der Waals surface area contributed by atoms with Gasteiger partial charge in [0.15, 0.2) is 6.17 Å². The smallest absolute Gasteiger partial charge is 0.241 e. The zero-order chi connectivity index (χ0) is 22.7. The second-order valence-electron chi connectivity index (χ2n) is 6.91. The van der Waals surface area contributed by atoms with E-state index in [2.05, 4.69) is 0 Å². The second kappa shape index (κ2) is 9.09. The molecule has 0 bridgehead atoms. The van der Waals surface area contributed by atoms with Crippen molar-refractivity contribution in [3.8, 4) is 0 Å². The first-order chi connectivity index (χ1) is 13.0. The molecule has 0 aromatic heterocycles. The van der Waals surface area contributed by atoms with Crippen molar-refractivity contribution in [1.29, 1.82) is 0 Å². The summed E-state index contributed by atoms with van der Waals surface area (Å²) in [5, 5.41) is -1.21. The lowest BCUT2D eigenvalue weighted by atomic mass is 9.96. The summed E-state index contributed by atoms with van der Waals surface area (Å²) in [6.07, 6.45) is -12.5. The van der Waals surface area contributed by atoms with Crippen LogP contribution < -0.4 is 0 Å². The minimum absolute atomic E-state index is 0.0736. The molecule has 0 aliphatic rings.